The average Bonchev–Trinajstić information content (AvgIpc) is 3.33. The summed E-state index contributed by atoms with van der Waals surface area (Å²) < 4.78 is 17.8. The van der Waals surface area contributed by atoms with Gasteiger partial charge in [-0.3, -0.25) is 0 Å². The van der Waals surface area contributed by atoms with E-state index < -0.39 is 11.6 Å². The molecule has 2 aromatic rings. The highest BCUT2D eigenvalue weighted by molar-refractivity contribution is 7.14. The number of hydrogen-bond acceptors (Lipinski definition) is 7. The first-order valence-corrected chi connectivity index (χ1v) is 11.5. The Bertz CT molecular complexity index is 1010. The van der Waals surface area contributed by atoms with Gasteiger partial charge in [-0.05, 0) is 58.7 Å². The number of aryl methyl sites for hydroxylation is 1. The van der Waals surface area contributed by atoms with Crippen LogP contribution in [0.5, 0.6) is 5.75 Å². The number of nitrogens with zero attached hydrogens (tertiary/aromatic N) is 2. The maximum absolute atomic E-state index is 12.7. The third-order valence-corrected chi connectivity index (χ3v) is 6.43. The average molecular weight is 461 g/mol. The molecule has 0 radical (unpaired) electrons. The van der Waals surface area contributed by atoms with Gasteiger partial charge in [0.05, 0.1) is 18.2 Å². The first kappa shape index (κ1) is 22.5. The van der Waals surface area contributed by atoms with Crippen molar-refractivity contribution in [2.75, 3.05) is 13.2 Å². The summed E-state index contributed by atoms with van der Waals surface area (Å²) in [6.07, 6.45) is 2.25. The number of amides is 1. The lowest BCUT2D eigenvalue weighted by atomic mass is 10.1. The number of ether oxygens (including phenoxy) is 3. The molecule has 8 nitrogen and oxygen atoms in total. The SMILES string of the molecule is Cc1cnc(-c2cc(O[C@H]3CC[C@H]4[C@H]3OCCN4C(=O)OC(C)(C)C)cc(C(=O)O)c2)s1. The van der Waals surface area contributed by atoms with Crippen LogP contribution in [0.4, 0.5) is 4.79 Å². The lowest BCUT2D eigenvalue weighted by Gasteiger charge is -2.39. The van der Waals surface area contributed by atoms with Crippen molar-refractivity contribution in [2.45, 2.75) is 64.4 Å². The second kappa shape index (κ2) is 8.71. The Balaban J connectivity index is 1.54. The number of hydrogen-bond donors (Lipinski definition) is 1. The number of fused-ring (bicyclic) bond motifs is 1. The molecule has 2 aliphatic rings. The largest absolute Gasteiger partial charge is 0.488 e. The molecule has 2 fully saturated rings. The van der Waals surface area contributed by atoms with E-state index in [0.29, 0.717) is 30.9 Å². The monoisotopic (exact) mass is 460 g/mol. The lowest BCUT2D eigenvalue weighted by Crippen LogP contribution is -2.55. The minimum absolute atomic E-state index is 0.132. The van der Waals surface area contributed by atoms with Gasteiger partial charge < -0.3 is 24.2 Å². The minimum atomic E-state index is -1.03. The first-order valence-electron chi connectivity index (χ1n) is 10.7. The van der Waals surface area contributed by atoms with E-state index in [1.807, 2.05) is 33.8 Å². The molecule has 2 heterocycles. The summed E-state index contributed by atoms with van der Waals surface area (Å²) in [5.74, 6) is -0.573. The smallest absolute Gasteiger partial charge is 0.410 e. The van der Waals surface area contributed by atoms with Gasteiger partial charge in [-0.2, -0.15) is 0 Å². The highest BCUT2D eigenvalue weighted by Gasteiger charge is 2.46. The second-order valence-electron chi connectivity index (χ2n) is 9.14. The molecule has 32 heavy (non-hydrogen) atoms. The van der Waals surface area contributed by atoms with E-state index in [1.165, 1.54) is 17.4 Å². The number of aromatic nitrogens is 1. The van der Waals surface area contributed by atoms with Gasteiger partial charge in [0.2, 0.25) is 0 Å². The Hall–Kier alpha value is -2.65. The quantitative estimate of drug-likeness (QED) is 0.724. The van der Waals surface area contributed by atoms with Gasteiger partial charge in [0.25, 0.3) is 0 Å². The highest BCUT2D eigenvalue weighted by Crippen LogP contribution is 2.36. The van der Waals surface area contributed by atoms with Crippen molar-refractivity contribution in [3.8, 4) is 16.3 Å². The van der Waals surface area contributed by atoms with Crippen LogP contribution in [0.15, 0.2) is 24.4 Å². The third-order valence-electron chi connectivity index (χ3n) is 5.47. The standard InChI is InChI=1S/C23H28N2O6S/c1-13-12-24-20(32-13)14-9-15(21(26)27)11-16(10-14)30-18-6-5-17-19(18)29-8-7-25(17)22(28)31-23(2,3)4/h9-12,17-19H,5-8H2,1-4H3,(H,26,27)/t17-,18-,19+/m0/s1. The number of benzene rings is 1. The summed E-state index contributed by atoms with van der Waals surface area (Å²) in [5.41, 5.74) is 0.272. The maximum atomic E-state index is 12.7. The van der Waals surface area contributed by atoms with E-state index in [1.54, 1.807) is 17.2 Å². The summed E-state index contributed by atoms with van der Waals surface area (Å²) in [5, 5.41) is 10.3. The van der Waals surface area contributed by atoms with Crippen LogP contribution in [0.2, 0.25) is 0 Å². The van der Waals surface area contributed by atoms with Crippen molar-refractivity contribution < 1.29 is 28.9 Å². The Kier molecular flexibility index (Phi) is 6.13. The van der Waals surface area contributed by atoms with Crippen molar-refractivity contribution in [3.05, 3.63) is 34.8 Å². The number of carbonyl (C=O) groups excluding carboxylic acids is 1. The Morgan fingerprint density at radius 3 is 2.69 bits per heavy atom. The molecule has 1 saturated heterocycles. The summed E-state index contributed by atoms with van der Waals surface area (Å²) in [7, 11) is 0. The van der Waals surface area contributed by atoms with Crippen LogP contribution in [-0.4, -0.2) is 64.1 Å². The predicted molar refractivity (Wildman–Crippen MR) is 119 cm³/mol. The predicted octanol–water partition coefficient (Wildman–Crippen LogP) is 4.36. The van der Waals surface area contributed by atoms with Gasteiger partial charge in [-0.25, -0.2) is 14.6 Å². The number of morpholine rings is 1. The molecule has 1 aliphatic carbocycles. The van der Waals surface area contributed by atoms with Gasteiger partial charge in [-0.1, -0.05) is 0 Å². The zero-order valence-corrected chi connectivity index (χ0v) is 19.5. The summed E-state index contributed by atoms with van der Waals surface area (Å²) in [4.78, 5) is 31.5. The second-order valence-corrected chi connectivity index (χ2v) is 10.4. The topological polar surface area (TPSA) is 98.2 Å². The summed E-state index contributed by atoms with van der Waals surface area (Å²) in [6, 6.07) is 4.81. The van der Waals surface area contributed by atoms with Crippen LogP contribution in [0.1, 0.15) is 48.8 Å². The van der Waals surface area contributed by atoms with E-state index in [4.69, 9.17) is 14.2 Å². The molecule has 1 N–H and O–H groups in total. The fraction of sp³-hybridized carbons (Fsp3) is 0.522. The van der Waals surface area contributed by atoms with Gasteiger partial charge in [0.15, 0.2) is 0 Å². The van der Waals surface area contributed by atoms with E-state index >= 15 is 0 Å². The van der Waals surface area contributed by atoms with Crippen molar-refractivity contribution in [1.82, 2.24) is 9.88 Å². The molecule has 1 amide bonds. The molecular formula is C23H28N2O6S. The molecule has 172 valence electrons. The Morgan fingerprint density at radius 1 is 1.25 bits per heavy atom. The van der Waals surface area contributed by atoms with Crippen LogP contribution in [-0.2, 0) is 9.47 Å². The lowest BCUT2D eigenvalue weighted by molar-refractivity contribution is -0.0902. The molecule has 1 aromatic heterocycles. The normalized spacial score (nSPS) is 23.0. The third kappa shape index (κ3) is 4.88. The van der Waals surface area contributed by atoms with Crippen molar-refractivity contribution in [2.24, 2.45) is 0 Å². The number of carboxylic acids is 1. The number of carbonyl (C=O) groups is 2. The van der Waals surface area contributed by atoms with E-state index in [-0.39, 0.29) is 29.9 Å². The fourth-order valence-electron chi connectivity index (χ4n) is 4.17. The van der Waals surface area contributed by atoms with E-state index in [2.05, 4.69) is 4.98 Å². The van der Waals surface area contributed by atoms with Crippen molar-refractivity contribution >= 4 is 23.4 Å². The Morgan fingerprint density at radius 2 is 2.03 bits per heavy atom. The molecule has 0 bridgehead atoms. The number of carboxylic acid groups (broad SMARTS) is 1. The molecule has 9 heteroatoms. The van der Waals surface area contributed by atoms with E-state index in [9.17, 15) is 14.7 Å². The van der Waals surface area contributed by atoms with Crippen molar-refractivity contribution in [1.29, 1.82) is 0 Å². The molecule has 1 saturated carbocycles. The molecule has 1 aromatic carbocycles. The van der Waals surface area contributed by atoms with E-state index in [0.717, 1.165) is 16.3 Å². The Labute approximate surface area is 191 Å². The minimum Gasteiger partial charge on any atom is -0.488 e. The van der Waals surface area contributed by atoms with Crippen LogP contribution >= 0.6 is 11.3 Å². The number of rotatable bonds is 4. The molecule has 3 atom stereocenters. The maximum Gasteiger partial charge on any atom is 0.410 e. The number of thiazole rings is 1. The van der Waals surface area contributed by atoms with Crippen molar-refractivity contribution in [3.63, 3.8) is 0 Å². The molecule has 4 rings (SSSR count). The molecule has 1 aliphatic heterocycles. The fourth-order valence-corrected chi connectivity index (χ4v) is 4.92. The molecular weight excluding hydrogens is 432 g/mol. The van der Waals surface area contributed by atoms with Gasteiger partial charge in [0.1, 0.15) is 28.6 Å². The van der Waals surface area contributed by atoms with Gasteiger partial charge in [-0.15, -0.1) is 11.3 Å². The van der Waals surface area contributed by atoms with Crippen LogP contribution in [0.3, 0.4) is 0 Å². The molecule has 0 unspecified atom stereocenters. The van der Waals surface area contributed by atoms with Crippen LogP contribution < -0.4 is 4.74 Å². The van der Waals surface area contributed by atoms with Crippen LogP contribution in [0, 0.1) is 6.92 Å². The zero-order valence-electron chi connectivity index (χ0n) is 18.7. The van der Waals surface area contributed by atoms with Crippen LogP contribution in [0.25, 0.3) is 10.6 Å². The summed E-state index contributed by atoms with van der Waals surface area (Å²) in [6.45, 7) is 8.38. The highest BCUT2D eigenvalue weighted by atomic mass is 32.1. The van der Waals surface area contributed by atoms with Gasteiger partial charge in [0, 0.05) is 23.2 Å². The molecule has 0 spiro atoms. The first-order chi connectivity index (χ1) is 15.1. The summed E-state index contributed by atoms with van der Waals surface area (Å²) >= 11 is 1.50. The number of aromatic carboxylic acids is 1. The zero-order chi connectivity index (χ0) is 23.0. The van der Waals surface area contributed by atoms with Gasteiger partial charge >= 0.3 is 12.1 Å².